The Bertz CT molecular complexity index is 995. The Morgan fingerprint density at radius 2 is 1.93 bits per heavy atom. The zero-order chi connectivity index (χ0) is 19.5. The molecule has 0 aliphatic carbocycles. The molecule has 0 bridgehead atoms. The number of ether oxygens (including phenoxy) is 1. The number of fused-ring (bicyclic) bond motifs is 1. The van der Waals surface area contributed by atoms with Crippen molar-refractivity contribution in [3.05, 3.63) is 59.4 Å². The highest BCUT2D eigenvalue weighted by molar-refractivity contribution is 5.93. The van der Waals surface area contributed by atoms with E-state index in [1.807, 2.05) is 43.3 Å². The number of amides is 1. The van der Waals surface area contributed by atoms with Gasteiger partial charge in [0.15, 0.2) is 0 Å². The fourth-order valence-corrected chi connectivity index (χ4v) is 3.65. The molecule has 3 aromatic rings. The Hall–Kier alpha value is -2.99. The number of anilines is 2. The lowest BCUT2D eigenvalue weighted by molar-refractivity contribution is -0.115. The molecule has 2 aromatic heterocycles. The number of pyridine rings is 2. The first-order chi connectivity index (χ1) is 13.6. The SMILES string of the molecule is Cc1nc2ccccc2c(C)c1CC(=O)Nc1ccc(N2CCOCC2)cn1. The van der Waals surface area contributed by atoms with E-state index in [2.05, 4.69) is 27.1 Å². The minimum Gasteiger partial charge on any atom is -0.378 e. The van der Waals surface area contributed by atoms with E-state index in [0.717, 1.165) is 59.7 Å². The summed E-state index contributed by atoms with van der Waals surface area (Å²) in [5.41, 5.74) is 4.98. The van der Waals surface area contributed by atoms with Gasteiger partial charge >= 0.3 is 0 Å². The maximum absolute atomic E-state index is 12.6. The zero-order valence-corrected chi connectivity index (χ0v) is 16.2. The van der Waals surface area contributed by atoms with E-state index in [0.29, 0.717) is 5.82 Å². The molecule has 0 unspecified atom stereocenters. The third-order valence-corrected chi connectivity index (χ3v) is 5.21. The quantitative estimate of drug-likeness (QED) is 0.757. The number of benzene rings is 1. The lowest BCUT2D eigenvalue weighted by Crippen LogP contribution is -2.36. The van der Waals surface area contributed by atoms with E-state index in [9.17, 15) is 4.79 Å². The van der Waals surface area contributed by atoms with Gasteiger partial charge in [-0.25, -0.2) is 4.98 Å². The van der Waals surface area contributed by atoms with Gasteiger partial charge < -0.3 is 15.0 Å². The molecule has 1 amide bonds. The molecule has 144 valence electrons. The third-order valence-electron chi connectivity index (χ3n) is 5.21. The number of nitrogens with one attached hydrogen (secondary N) is 1. The molecule has 1 aliphatic heterocycles. The second kappa shape index (κ2) is 7.94. The molecule has 28 heavy (non-hydrogen) atoms. The van der Waals surface area contributed by atoms with Crippen LogP contribution in [-0.4, -0.2) is 42.2 Å². The highest BCUT2D eigenvalue weighted by Gasteiger charge is 2.15. The number of rotatable bonds is 4. The van der Waals surface area contributed by atoms with Crippen molar-refractivity contribution in [2.45, 2.75) is 20.3 Å². The number of nitrogens with zero attached hydrogens (tertiary/aromatic N) is 3. The van der Waals surface area contributed by atoms with Crippen molar-refractivity contribution in [3.8, 4) is 0 Å². The molecule has 6 nitrogen and oxygen atoms in total. The molecule has 1 fully saturated rings. The van der Waals surface area contributed by atoms with Crippen LogP contribution in [0, 0.1) is 13.8 Å². The van der Waals surface area contributed by atoms with Gasteiger partial charge in [-0.05, 0) is 43.2 Å². The smallest absolute Gasteiger partial charge is 0.230 e. The van der Waals surface area contributed by atoms with Crippen LogP contribution in [0.25, 0.3) is 10.9 Å². The molecule has 4 rings (SSSR count). The molecule has 0 saturated carbocycles. The molecule has 0 atom stereocenters. The summed E-state index contributed by atoms with van der Waals surface area (Å²) in [6.07, 6.45) is 2.08. The fourth-order valence-electron chi connectivity index (χ4n) is 3.65. The monoisotopic (exact) mass is 376 g/mol. The summed E-state index contributed by atoms with van der Waals surface area (Å²) in [5.74, 6) is 0.473. The summed E-state index contributed by atoms with van der Waals surface area (Å²) in [5, 5.41) is 3.99. The van der Waals surface area contributed by atoms with Gasteiger partial charge in [-0.3, -0.25) is 9.78 Å². The number of para-hydroxylation sites is 1. The predicted octanol–water partition coefficient (Wildman–Crippen LogP) is 3.26. The molecule has 3 heterocycles. The van der Waals surface area contributed by atoms with Crippen LogP contribution in [0.5, 0.6) is 0 Å². The highest BCUT2D eigenvalue weighted by Crippen LogP contribution is 2.23. The number of morpholine rings is 1. The van der Waals surface area contributed by atoms with Gasteiger partial charge in [0.25, 0.3) is 0 Å². The van der Waals surface area contributed by atoms with E-state index in [1.165, 1.54) is 0 Å². The van der Waals surface area contributed by atoms with Gasteiger partial charge in [-0.2, -0.15) is 0 Å². The van der Waals surface area contributed by atoms with E-state index in [-0.39, 0.29) is 12.3 Å². The second-order valence-electron chi connectivity index (χ2n) is 7.04. The summed E-state index contributed by atoms with van der Waals surface area (Å²) < 4.78 is 5.38. The first-order valence-corrected chi connectivity index (χ1v) is 9.55. The Labute approximate surface area is 164 Å². The second-order valence-corrected chi connectivity index (χ2v) is 7.04. The number of aryl methyl sites for hydroxylation is 2. The van der Waals surface area contributed by atoms with Gasteiger partial charge in [-0.15, -0.1) is 0 Å². The van der Waals surface area contributed by atoms with Crippen LogP contribution in [0.1, 0.15) is 16.8 Å². The standard InChI is InChI=1S/C22H24N4O2/c1-15-18-5-3-4-6-20(18)24-16(2)19(15)13-22(27)25-21-8-7-17(14-23-21)26-9-11-28-12-10-26/h3-8,14H,9-13H2,1-2H3,(H,23,25,27). The van der Waals surface area contributed by atoms with Crippen molar-refractivity contribution in [1.82, 2.24) is 9.97 Å². The number of carbonyl (C=O) groups is 1. The van der Waals surface area contributed by atoms with Crippen LogP contribution < -0.4 is 10.2 Å². The minimum absolute atomic E-state index is 0.0881. The van der Waals surface area contributed by atoms with Gasteiger partial charge in [0.1, 0.15) is 5.82 Å². The fraction of sp³-hybridized carbons (Fsp3) is 0.318. The molecule has 1 aromatic carbocycles. The summed E-state index contributed by atoms with van der Waals surface area (Å²) in [6.45, 7) is 7.20. The third kappa shape index (κ3) is 3.82. The Kier molecular flexibility index (Phi) is 5.21. The zero-order valence-electron chi connectivity index (χ0n) is 16.2. The first-order valence-electron chi connectivity index (χ1n) is 9.55. The van der Waals surface area contributed by atoms with E-state index >= 15 is 0 Å². The largest absolute Gasteiger partial charge is 0.378 e. The van der Waals surface area contributed by atoms with Crippen molar-refractivity contribution in [2.75, 3.05) is 36.5 Å². The van der Waals surface area contributed by atoms with Gasteiger partial charge in [0.05, 0.1) is 37.0 Å². The number of carbonyl (C=O) groups excluding carboxylic acids is 1. The maximum atomic E-state index is 12.6. The van der Waals surface area contributed by atoms with Crippen molar-refractivity contribution in [3.63, 3.8) is 0 Å². The Morgan fingerprint density at radius 3 is 2.68 bits per heavy atom. The minimum atomic E-state index is -0.0881. The van der Waals surface area contributed by atoms with E-state index in [4.69, 9.17) is 4.74 Å². The summed E-state index contributed by atoms with van der Waals surface area (Å²) in [6, 6.07) is 11.9. The van der Waals surface area contributed by atoms with E-state index in [1.54, 1.807) is 6.20 Å². The van der Waals surface area contributed by atoms with Gasteiger partial charge in [0.2, 0.25) is 5.91 Å². The first kappa shape index (κ1) is 18.4. The van der Waals surface area contributed by atoms with Crippen LogP contribution in [0.4, 0.5) is 11.5 Å². The molecule has 0 radical (unpaired) electrons. The average molecular weight is 376 g/mol. The summed E-state index contributed by atoms with van der Waals surface area (Å²) in [7, 11) is 0. The average Bonchev–Trinajstić information content (AvgIpc) is 2.72. The Morgan fingerprint density at radius 1 is 1.14 bits per heavy atom. The lowest BCUT2D eigenvalue weighted by Gasteiger charge is -2.28. The van der Waals surface area contributed by atoms with Crippen molar-refractivity contribution >= 4 is 28.3 Å². The highest BCUT2D eigenvalue weighted by atomic mass is 16.5. The van der Waals surface area contributed by atoms with Crippen LogP contribution in [0.15, 0.2) is 42.6 Å². The van der Waals surface area contributed by atoms with Gasteiger partial charge in [-0.1, -0.05) is 18.2 Å². The number of hydrogen-bond acceptors (Lipinski definition) is 5. The molecule has 1 saturated heterocycles. The molecular weight excluding hydrogens is 352 g/mol. The molecule has 0 spiro atoms. The maximum Gasteiger partial charge on any atom is 0.230 e. The van der Waals surface area contributed by atoms with Crippen LogP contribution in [0.3, 0.4) is 0 Å². The topological polar surface area (TPSA) is 67.4 Å². The van der Waals surface area contributed by atoms with Crippen LogP contribution >= 0.6 is 0 Å². The molecular formula is C22H24N4O2. The van der Waals surface area contributed by atoms with Crippen molar-refractivity contribution < 1.29 is 9.53 Å². The lowest BCUT2D eigenvalue weighted by atomic mass is 9.99. The normalized spacial score (nSPS) is 14.3. The van der Waals surface area contributed by atoms with Crippen molar-refractivity contribution in [2.24, 2.45) is 0 Å². The number of hydrogen-bond donors (Lipinski definition) is 1. The van der Waals surface area contributed by atoms with Gasteiger partial charge in [0, 0.05) is 24.2 Å². The van der Waals surface area contributed by atoms with Crippen LogP contribution in [-0.2, 0) is 16.0 Å². The molecule has 6 heteroatoms. The summed E-state index contributed by atoms with van der Waals surface area (Å²) >= 11 is 0. The van der Waals surface area contributed by atoms with Crippen molar-refractivity contribution in [1.29, 1.82) is 0 Å². The number of aromatic nitrogens is 2. The summed E-state index contributed by atoms with van der Waals surface area (Å²) in [4.78, 5) is 23.9. The molecule has 1 aliphatic rings. The predicted molar refractivity (Wildman–Crippen MR) is 111 cm³/mol. The van der Waals surface area contributed by atoms with E-state index < -0.39 is 0 Å². The molecule has 1 N–H and O–H groups in total. The van der Waals surface area contributed by atoms with Crippen LogP contribution in [0.2, 0.25) is 0 Å². The Balaban J connectivity index is 1.46.